The zero-order chi connectivity index (χ0) is 20.6. The van der Waals surface area contributed by atoms with Crippen LogP contribution in [0, 0.1) is 0 Å². The molecule has 0 amide bonds. The molecular weight excluding hydrogens is 432 g/mol. The van der Waals surface area contributed by atoms with Gasteiger partial charge in [-0.25, -0.2) is 0 Å². The number of rotatable bonds is 11. The molecule has 0 unspecified atom stereocenters. The number of benzene rings is 2. The Hall–Kier alpha value is -2.14. The van der Waals surface area contributed by atoms with Crippen molar-refractivity contribution in [1.29, 1.82) is 0 Å². The van der Waals surface area contributed by atoms with Gasteiger partial charge < -0.3 is 9.84 Å². The Bertz CT molecular complexity index is 875. The first-order valence-corrected chi connectivity index (χ1v) is 11.5. The van der Waals surface area contributed by atoms with Crippen molar-refractivity contribution in [2.75, 3.05) is 11.9 Å². The lowest BCUT2D eigenvalue weighted by atomic mass is 9.84. The number of halogens is 1. The number of hydrogen-bond acceptors (Lipinski definition) is 4. The lowest BCUT2D eigenvalue weighted by molar-refractivity contribution is 0.0978. The predicted molar refractivity (Wildman–Crippen MR) is 118 cm³/mol. The van der Waals surface area contributed by atoms with Gasteiger partial charge in [0.15, 0.2) is 11.6 Å². The second-order valence-corrected chi connectivity index (χ2v) is 8.25. The Morgan fingerprint density at radius 1 is 0.690 bits per heavy atom. The smallest absolute Gasteiger partial charge is 0.194 e. The number of phenols is 1. The highest BCUT2D eigenvalue weighted by atomic mass is 79.9. The zero-order valence-electron chi connectivity index (χ0n) is 16.6. The molecule has 154 valence electrons. The highest BCUT2D eigenvalue weighted by molar-refractivity contribution is 9.09. The van der Waals surface area contributed by atoms with Gasteiger partial charge in [-0.2, -0.15) is 0 Å². The molecule has 2 aromatic carbocycles. The van der Waals surface area contributed by atoms with Crippen LogP contribution in [0.4, 0.5) is 0 Å². The van der Waals surface area contributed by atoms with E-state index in [4.69, 9.17) is 4.74 Å². The molecule has 1 N–H and O–H groups in total. The van der Waals surface area contributed by atoms with E-state index in [9.17, 15) is 14.7 Å². The lowest BCUT2D eigenvalue weighted by Crippen LogP contribution is -2.20. The summed E-state index contributed by atoms with van der Waals surface area (Å²) in [6, 6.07) is 9.32. The van der Waals surface area contributed by atoms with E-state index in [2.05, 4.69) is 15.9 Å². The summed E-state index contributed by atoms with van der Waals surface area (Å²) in [6.45, 7) is 0.606. The van der Waals surface area contributed by atoms with E-state index in [0.29, 0.717) is 29.0 Å². The molecule has 1 aliphatic rings. The normalized spacial score (nSPS) is 12.6. The molecule has 0 saturated carbocycles. The van der Waals surface area contributed by atoms with Gasteiger partial charge in [0.25, 0.3) is 0 Å². The molecule has 3 rings (SSSR count). The summed E-state index contributed by atoms with van der Waals surface area (Å²) >= 11 is 3.46. The van der Waals surface area contributed by atoms with E-state index in [1.165, 1.54) is 56.7 Å². The van der Waals surface area contributed by atoms with Crippen molar-refractivity contribution >= 4 is 27.5 Å². The van der Waals surface area contributed by atoms with Gasteiger partial charge in [0.1, 0.15) is 11.5 Å². The molecule has 4 nitrogen and oxygen atoms in total. The molecule has 0 radical (unpaired) electrons. The van der Waals surface area contributed by atoms with Gasteiger partial charge in [0.2, 0.25) is 0 Å². The first-order valence-electron chi connectivity index (χ1n) is 10.4. The first-order chi connectivity index (χ1) is 14.1. The minimum atomic E-state index is -0.242. The molecular formula is C24H27BrO4. The van der Waals surface area contributed by atoms with E-state index in [0.717, 1.165) is 18.2 Å². The Morgan fingerprint density at radius 3 is 1.90 bits per heavy atom. The molecule has 1 aliphatic carbocycles. The van der Waals surface area contributed by atoms with Crippen molar-refractivity contribution in [3.63, 3.8) is 0 Å². The molecule has 0 aliphatic heterocycles. The summed E-state index contributed by atoms with van der Waals surface area (Å²) in [4.78, 5) is 25.4. The quantitative estimate of drug-likeness (QED) is 0.280. The van der Waals surface area contributed by atoms with Crippen molar-refractivity contribution in [3.8, 4) is 11.5 Å². The summed E-state index contributed by atoms with van der Waals surface area (Å²) in [6.07, 6.45) is 9.79. The maximum atomic E-state index is 12.8. The monoisotopic (exact) mass is 458 g/mol. The number of ketones is 2. The van der Waals surface area contributed by atoms with Gasteiger partial charge in [-0.05, 0) is 49.2 Å². The number of carbonyl (C=O) groups excluding carboxylic acids is 2. The van der Waals surface area contributed by atoms with Gasteiger partial charge >= 0.3 is 0 Å². The first kappa shape index (κ1) is 21.6. The molecule has 0 heterocycles. The third-order valence-corrected chi connectivity index (χ3v) is 5.83. The average molecular weight is 459 g/mol. The van der Waals surface area contributed by atoms with Crippen LogP contribution in [0.15, 0.2) is 36.4 Å². The van der Waals surface area contributed by atoms with Gasteiger partial charge in [0, 0.05) is 27.6 Å². The average Bonchev–Trinajstić information content (AvgIpc) is 2.73. The minimum absolute atomic E-state index is 0.0211. The molecule has 0 aromatic heterocycles. The topological polar surface area (TPSA) is 63.6 Å². The van der Waals surface area contributed by atoms with E-state index in [-0.39, 0.29) is 22.9 Å². The van der Waals surface area contributed by atoms with Crippen LogP contribution in [0.3, 0.4) is 0 Å². The summed E-state index contributed by atoms with van der Waals surface area (Å²) in [5, 5.41) is 10.7. The second-order valence-electron chi connectivity index (χ2n) is 7.46. The number of alkyl halides is 1. The van der Waals surface area contributed by atoms with Crippen LogP contribution in [-0.2, 0) is 0 Å². The fourth-order valence-electron chi connectivity index (χ4n) is 3.65. The van der Waals surface area contributed by atoms with Crippen LogP contribution in [-0.4, -0.2) is 28.6 Å². The fraction of sp³-hybridized carbons (Fsp3) is 0.417. The summed E-state index contributed by atoms with van der Waals surface area (Å²) < 4.78 is 5.81. The van der Waals surface area contributed by atoms with Gasteiger partial charge in [-0.1, -0.05) is 54.5 Å². The van der Waals surface area contributed by atoms with E-state index < -0.39 is 0 Å². The van der Waals surface area contributed by atoms with Gasteiger partial charge in [0.05, 0.1) is 6.61 Å². The van der Waals surface area contributed by atoms with Crippen LogP contribution in [0.25, 0.3) is 0 Å². The van der Waals surface area contributed by atoms with Crippen molar-refractivity contribution in [2.24, 2.45) is 0 Å². The van der Waals surface area contributed by atoms with E-state index >= 15 is 0 Å². The van der Waals surface area contributed by atoms with Gasteiger partial charge in [-0.3, -0.25) is 9.59 Å². The summed E-state index contributed by atoms with van der Waals surface area (Å²) in [7, 11) is 0. The van der Waals surface area contributed by atoms with Crippen LogP contribution in [0.2, 0.25) is 0 Å². The Balaban J connectivity index is 1.49. The molecule has 0 bridgehead atoms. The van der Waals surface area contributed by atoms with Crippen LogP contribution >= 0.6 is 15.9 Å². The molecule has 0 atom stereocenters. The molecule has 0 spiro atoms. The Kier molecular flexibility index (Phi) is 7.87. The second kappa shape index (κ2) is 10.6. The Labute approximate surface area is 180 Å². The third-order valence-electron chi connectivity index (χ3n) is 5.27. The highest BCUT2D eigenvalue weighted by Gasteiger charge is 2.30. The number of unbranched alkanes of at least 4 members (excludes halogenated alkanes) is 7. The van der Waals surface area contributed by atoms with Crippen molar-refractivity contribution in [3.05, 3.63) is 58.7 Å². The van der Waals surface area contributed by atoms with Crippen LogP contribution < -0.4 is 4.74 Å². The highest BCUT2D eigenvalue weighted by Crippen LogP contribution is 2.31. The molecule has 0 saturated heterocycles. The number of hydrogen-bond donors (Lipinski definition) is 1. The predicted octanol–water partition coefficient (Wildman–Crippen LogP) is 6.06. The number of aromatic hydroxyl groups is 1. The number of phenolic OH excluding ortho intramolecular Hbond substituents is 1. The molecule has 5 heteroatoms. The molecule has 29 heavy (non-hydrogen) atoms. The zero-order valence-corrected chi connectivity index (χ0v) is 18.2. The molecule has 0 fully saturated rings. The largest absolute Gasteiger partial charge is 0.508 e. The maximum Gasteiger partial charge on any atom is 0.194 e. The fourth-order valence-corrected chi connectivity index (χ4v) is 4.05. The lowest BCUT2D eigenvalue weighted by Gasteiger charge is -2.18. The number of ether oxygens (including phenoxy) is 1. The number of fused-ring (bicyclic) bond motifs is 2. The van der Waals surface area contributed by atoms with Crippen molar-refractivity contribution in [2.45, 2.75) is 51.4 Å². The third kappa shape index (κ3) is 5.47. The van der Waals surface area contributed by atoms with Crippen molar-refractivity contribution in [1.82, 2.24) is 0 Å². The number of carbonyl (C=O) groups is 2. The summed E-state index contributed by atoms with van der Waals surface area (Å²) in [5.41, 5.74) is 1.31. The van der Waals surface area contributed by atoms with E-state index in [1.54, 1.807) is 18.2 Å². The van der Waals surface area contributed by atoms with E-state index in [1.807, 2.05) is 0 Å². The van der Waals surface area contributed by atoms with Crippen LogP contribution in [0.1, 0.15) is 83.2 Å². The summed E-state index contributed by atoms with van der Waals surface area (Å²) in [5.74, 6) is 0.141. The molecule has 2 aromatic rings. The maximum absolute atomic E-state index is 12.8. The van der Waals surface area contributed by atoms with Gasteiger partial charge in [-0.15, -0.1) is 0 Å². The minimum Gasteiger partial charge on any atom is -0.508 e. The van der Waals surface area contributed by atoms with Crippen molar-refractivity contribution < 1.29 is 19.4 Å². The standard InChI is InChI=1S/C24H27BrO4/c25-13-7-5-3-1-2-4-6-8-14-29-18-10-12-20-22(16-18)24(28)19-11-9-17(26)15-21(19)23(20)27/h9-12,15-16,26H,1-8,13-14H2. The SMILES string of the molecule is O=C1c2ccc(OCCCCCCCCCCBr)cc2C(=O)c2ccc(O)cc21. The Morgan fingerprint density at radius 2 is 1.24 bits per heavy atom. The van der Waals surface area contributed by atoms with Crippen LogP contribution in [0.5, 0.6) is 11.5 Å².